The van der Waals surface area contributed by atoms with Crippen molar-refractivity contribution in [1.82, 2.24) is 5.32 Å². The lowest BCUT2D eigenvalue weighted by molar-refractivity contribution is -0.122. The minimum Gasteiger partial charge on any atom is -0.494 e. The van der Waals surface area contributed by atoms with E-state index in [1.54, 1.807) is 12.1 Å². The molecule has 1 aliphatic rings. The van der Waals surface area contributed by atoms with Gasteiger partial charge in [0.25, 0.3) is 0 Å². The first kappa shape index (κ1) is 13.0. The SMILES string of the molecule is COc1ccc(CC(=O)C2CNCC2C)cc1F. The van der Waals surface area contributed by atoms with Gasteiger partial charge in [0.15, 0.2) is 11.6 Å². The van der Waals surface area contributed by atoms with Gasteiger partial charge in [0.05, 0.1) is 7.11 Å². The van der Waals surface area contributed by atoms with E-state index in [4.69, 9.17) is 4.74 Å². The highest BCUT2D eigenvalue weighted by molar-refractivity contribution is 5.84. The van der Waals surface area contributed by atoms with E-state index in [-0.39, 0.29) is 23.9 Å². The molecule has 18 heavy (non-hydrogen) atoms. The molecule has 0 bridgehead atoms. The number of rotatable bonds is 4. The van der Waals surface area contributed by atoms with Crippen LogP contribution in [-0.2, 0) is 11.2 Å². The number of hydrogen-bond donors (Lipinski definition) is 1. The molecule has 1 aromatic rings. The maximum atomic E-state index is 13.5. The number of methoxy groups -OCH3 is 1. The summed E-state index contributed by atoms with van der Waals surface area (Å²) >= 11 is 0. The minimum absolute atomic E-state index is 0.0511. The highest BCUT2D eigenvalue weighted by atomic mass is 19.1. The standard InChI is InChI=1S/C14H18FNO2/c1-9-7-16-8-11(9)13(17)6-10-3-4-14(18-2)12(15)5-10/h3-5,9,11,16H,6-8H2,1-2H3. The topological polar surface area (TPSA) is 38.3 Å². The van der Waals surface area contributed by atoms with E-state index in [1.807, 2.05) is 0 Å². The fraction of sp³-hybridized carbons (Fsp3) is 0.500. The first-order valence-electron chi connectivity index (χ1n) is 6.17. The van der Waals surface area contributed by atoms with Crippen LogP contribution in [0.1, 0.15) is 12.5 Å². The Labute approximate surface area is 106 Å². The van der Waals surface area contributed by atoms with Crippen molar-refractivity contribution < 1.29 is 13.9 Å². The molecule has 98 valence electrons. The molecule has 0 radical (unpaired) electrons. The fourth-order valence-electron chi connectivity index (χ4n) is 2.39. The van der Waals surface area contributed by atoms with E-state index in [2.05, 4.69) is 12.2 Å². The zero-order valence-corrected chi connectivity index (χ0v) is 10.7. The number of benzene rings is 1. The summed E-state index contributed by atoms with van der Waals surface area (Å²) in [6, 6.07) is 4.69. The lowest BCUT2D eigenvalue weighted by atomic mass is 9.90. The van der Waals surface area contributed by atoms with Gasteiger partial charge < -0.3 is 10.1 Å². The molecule has 1 heterocycles. The van der Waals surface area contributed by atoms with Crippen molar-refractivity contribution in [3.8, 4) is 5.75 Å². The number of ether oxygens (including phenoxy) is 1. The first-order chi connectivity index (χ1) is 8.61. The third-order valence-corrected chi connectivity index (χ3v) is 3.53. The van der Waals surface area contributed by atoms with Crippen molar-refractivity contribution >= 4 is 5.78 Å². The Bertz CT molecular complexity index is 447. The molecule has 0 aliphatic carbocycles. The Morgan fingerprint density at radius 1 is 1.50 bits per heavy atom. The third kappa shape index (κ3) is 2.70. The zero-order valence-electron chi connectivity index (χ0n) is 10.7. The van der Waals surface area contributed by atoms with Crippen molar-refractivity contribution in [2.75, 3.05) is 20.2 Å². The monoisotopic (exact) mass is 251 g/mol. The van der Waals surface area contributed by atoms with Gasteiger partial charge >= 0.3 is 0 Å². The molecule has 1 aliphatic heterocycles. The quantitative estimate of drug-likeness (QED) is 0.886. The van der Waals surface area contributed by atoms with Crippen LogP contribution in [0.2, 0.25) is 0 Å². The van der Waals surface area contributed by atoms with Gasteiger partial charge in [0, 0.05) is 18.9 Å². The smallest absolute Gasteiger partial charge is 0.165 e. The summed E-state index contributed by atoms with van der Waals surface area (Å²) in [5.41, 5.74) is 0.706. The van der Waals surface area contributed by atoms with Crippen LogP contribution in [0, 0.1) is 17.7 Å². The first-order valence-corrected chi connectivity index (χ1v) is 6.17. The Balaban J connectivity index is 2.05. The molecule has 2 atom stereocenters. The maximum Gasteiger partial charge on any atom is 0.165 e. The summed E-state index contributed by atoms with van der Waals surface area (Å²) in [4.78, 5) is 12.1. The second-order valence-corrected chi connectivity index (χ2v) is 4.85. The summed E-state index contributed by atoms with van der Waals surface area (Å²) in [6.07, 6.45) is 0.289. The summed E-state index contributed by atoms with van der Waals surface area (Å²) < 4.78 is 18.4. The van der Waals surface area contributed by atoms with Crippen molar-refractivity contribution in [1.29, 1.82) is 0 Å². The van der Waals surface area contributed by atoms with Crippen LogP contribution in [0.4, 0.5) is 4.39 Å². The number of carbonyl (C=O) groups is 1. The zero-order chi connectivity index (χ0) is 13.1. The molecule has 1 fully saturated rings. The molecule has 4 heteroatoms. The molecule has 2 unspecified atom stereocenters. The minimum atomic E-state index is -0.416. The summed E-state index contributed by atoms with van der Waals surface area (Å²) in [5.74, 6) is 0.385. The second kappa shape index (κ2) is 5.48. The van der Waals surface area contributed by atoms with E-state index in [9.17, 15) is 9.18 Å². The summed E-state index contributed by atoms with van der Waals surface area (Å²) in [5, 5.41) is 3.20. The van der Waals surface area contributed by atoms with Crippen LogP contribution in [-0.4, -0.2) is 26.0 Å². The van der Waals surface area contributed by atoms with Crippen LogP contribution in [0.25, 0.3) is 0 Å². The number of hydrogen-bond acceptors (Lipinski definition) is 3. The number of carbonyl (C=O) groups excluding carboxylic acids is 1. The van der Waals surface area contributed by atoms with E-state index >= 15 is 0 Å². The Morgan fingerprint density at radius 3 is 2.83 bits per heavy atom. The average molecular weight is 251 g/mol. The predicted octanol–water partition coefficient (Wildman–Crippen LogP) is 1.80. The second-order valence-electron chi connectivity index (χ2n) is 4.85. The molecule has 2 rings (SSSR count). The maximum absolute atomic E-state index is 13.5. The van der Waals surface area contributed by atoms with Crippen LogP contribution in [0.5, 0.6) is 5.75 Å². The van der Waals surface area contributed by atoms with Crippen LogP contribution in [0.15, 0.2) is 18.2 Å². The number of halogens is 1. The molecule has 1 N–H and O–H groups in total. The molecule has 0 saturated carbocycles. The number of Topliss-reactive ketones (excluding diaryl/α,β-unsaturated/α-hetero) is 1. The molecule has 0 aromatic heterocycles. The Hall–Kier alpha value is -1.42. The van der Waals surface area contributed by atoms with Gasteiger partial charge in [0.1, 0.15) is 5.78 Å². The van der Waals surface area contributed by atoms with Crippen molar-refractivity contribution in [3.63, 3.8) is 0 Å². The molecule has 1 saturated heterocycles. The third-order valence-electron chi connectivity index (χ3n) is 3.53. The van der Waals surface area contributed by atoms with Gasteiger partial charge in [-0.15, -0.1) is 0 Å². The van der Waals surface area contributed by atoms with Gasteiger partial charge in [-0.1, -0.05) is 13.0 Å². The van der Waals surface area contributed by atoms with Gasteiger partial charge in [-0.25, -0.2) is 4.39 Å². The van der Waals surface area contributed by atoms with E-state index in [0.29, 0.717) is 11.5 Å². The largest absolute Gasteiger partial charge is 0.494 e. The molecule has 0 spiro atoms. The molecular formula is C14H18FNO2. The van der Waals surface area contributed by atoms with Crippen molar-refractivity contribution in [3.05, 3.63) is 29.6 Å². The number of nitrogens with one attached hydrogen (secondary N) is 1. The predicted molar refractivity (Wildman–Crippen MR) is 67.2 cm³/mol. The fourth-order valence-corrected chi connectivity index (χ4v) is 2.39. The van der Waals surface area contributed by atoms with E-state index in [0.717, 1.165) is 13.1 Å². The average Bonchev–Trinajstić information content (AvgIpc) is 2.76. The van der Waals surface area contributed by atoms with Crippen LogP contribution < -0.4 is 10.1 Å². The van der Waals surface area contributed by atoms with Gasteiger partial charge in [-0.2, -0.15) is 0 Å². The summed E-state index contributed by atoms with van der Waals surface area (Å²) in [7, 11) is 1.43. The lowest BCUT2D eigenvalue weighted by Crippen LogP contribution is -2.23. The molecule has 0 amide bonds. The Morgan fingerprint density at radius 2 is 2.28 bits per heavy atom. The van der Waals surface area contributed by atoms with Crippen molar-refractivity contribution in [2.24, 2.45) is 11.8 Å². The lowest BCUT2D eigenvalue weighted by Gasteiger charge is -2.13. The number of ketones is 1. The van der Waals surface area contributed by atoms with Crippen molar-refractivity contribution in [2.45, 2.75) is 13.3 Å². The van der Waals surface area contributed by atoms with E-state index in [1.165, 1.54) is 13.2 Å². The highest BCUT2D eigenvalue weighted by Gasteiger charge is 2.29. The Kier molecular flexibility index (Phi) is 3.97. The van der Waals surface area contributed by atoms with Gasteiger partial charge in [-0.05, 0) is 30.2 Å². The van der Waals surface area contributed by atoms with Gasteiger partial charge in [0.2, 0.25) is 0 Å². The highest BCUT2D eigenvalue weighted by Crippen LogP contribution is 2.21. The van der Waals surface area contributed by atoms with Crippen LogP contribution >= 0.6 is 0 Å². The van der Waals surface area contributed by atoms with E-state index < -0.39 is 5.82 Å². The van der Waals surface area contributed by atoms with Gasteiger partial charge in [-0.3, -0.25) is 4.79 Å². The van der Waals surface area contributed by atoms with Crippen LogP contribution in [0.3, 0.4) is 0 Å². The molecular weight excluding hydrogens is 233 g/mol. The molecule has 1 aromatic carbocycles. The summed E-state index contributed by atoms with van der Waals surface area (Å²) in [6.45, 7) is 3.68. The molecule has 3 nitrogen and oxygen atoms in total. The normalized spacial score (nSPS) is 23.1.